The van der Waals surface area contributed by atoms with E-state index in [2.05, 4.69) is 59.0 Å². The van der Waals surface area contributed by atoms with Crippen LogP contribution in [0.5, 0.6) is 11.5 Å². The SMILES string of the molecule is COCCCOc1cc(CCCCCCC(C(=O)N[C@H](CC(=O)N(C)C)C(C)C)(C(C)C)C(C)C)ccc1OC. The van der Waals surface area contributed by atoms with Crippen molar-refractivity contribution >= 4 is 11.8 Å². The van der Waals surface area contributed by atoms with Crippen molar-refractivity contribution in [3.63, 3.8) is 0 Å². The quantitative estimate of drug-likeness (QED) is 0.183. The fraction of sp³-hybridized carbons (Fsp3) is 0.758. The number of rotatable bonds is 20. The molecule has 0 heterocycles. The molecule has 1 rings (SSSR count). The molecule has 40 heavy (non-hydrogen) atoms. The van der Waals surface area contributed by atoms with Gasteiger partial charge in [0.1, 0.15) is 0 Å². The van der Waals surface area contributed by atoms with Gasteiger partial charge in [-0.1, -0.05) is 66.9 Å². The van der Waals surface area contributed by atoms with Gasteiger partial charge in [0.05, 0.1) is 19.1 Å². The molecule has 0 aliphatic rings. The van der Waals surface area contributed by atoms with Crippen molar-refractivity contribution in [3.05, 3.63) is 23.8 Å². The van der Waals surface area contributed by atoms with Crippen LogP contribution in [0.1, 0.15) is 92.1 Å². The average Bonchev–Trinajstić information content (AvgIpc) is 2.89. The Morgan fingerprint density at radius 2 is 1.52 bits per heavy atom. The summed E-state index contributed by atoms with van der Waals surface area (Å²) in [6, 6.07) is 6.01. The van der Waals surface area contributed by atoms with Crippen LogP contribution in [0.15, 0.2) is 18.2 Å². The summed E-state index contributed by atoms with van der Waals surface area (Å²) in [7, 11) is 6.89. The van der Waals surface area contributed by atoms with Gasteiger partial charge in [-0.15, -0.1) is 0 Å². The maximum Gasteiger partial charge on any atom is 0.226 e. The Morgan fingerprint density at radius 3 is 2.08 bits per heavy atom. The molecule has 7 heteroatoms. The summed E-state index contributed by atoms with van der Waals surface area (Å²) < 4.78 is 16.5. The molecule has 0 fully saturated rings. The van der Waals surface area contributed by atoms with Crippen LogP contribution >= 0.6 is 0 Å². The van der Waals surface area contributed by atoms with Crippen molar-refractivity contribution in [3.8, 4) is 11.5 Å². The third kappa shape index (κ3) is 10.9. The molecule has 1 aromatic carbocycles. The van der Waals surface area contributed by atoms with E-state index in [4.69, 9.17) is 14.2 Å². The second-order valence-electron chi connectivity index (χ2n) is 12.3. The number of carbonyl (C=O) groups is 2. The molecule has 0 unspecified atom stereocenters. The van der Waals surface area contributed by atoms with Crippen molar-refractivity contribution in [2.75, 3.05) is 41.5 Å². The number of unbranched alkanes of at least 4 members (excludes halogenated alkanes) is 3. The van der Waals surface area contributed by atoms with E-state index >= 15 is 0 Å². The van der Waals surface area contributed by atoms with E-state index in [0.29, 0.717) is 19.6 Å². The van der Waals surface area contributed by atoms with Crippen LogP contribution in [-0.4, -0.2) is 64.3 Å². The molecule has 0 saturated carbocycles. The second kappa shape index (κ2) is 18.2. The van der Waals surface area contributed by atoms with Crippen LogP contribution in [0.25, 0.3) is 0 Å². The lowest BCUT2D eigenvalue weighted by Crippen LogP contribution is -2.53. The minimum absolute atomic E-state index is 0.0420. The van der Waals surface area contributed by atoms with Crippen LogP contribution in [0.3, 0.4) is 0 Å². The lowest BCUT2D eigenvalue weighted by molar-refractivity contribution is -0.139. The zero-order valence-electron chi connectivity index (χ0n) is 27.1. The largest absolute Gasteiger partial charge is 0.493 e. The third-order valence-corrected chi connectivity index (χ3v) is 8.28. The monoisotopic (exact) mass is 562 g/mol. The Kier molecular flexibility index (Phi) is 16.3. The number of hydrogen-bond acceptors (Lipinski definition) is 5. The Balaban J connectivity index is 2.74. The molecule has 0 aliphatic carbocycles. The molecule has 2 amide bonds. The molecule has 0 radical (unpaired) electrons. The predicted molar refractivity (Wildman–Crippen MR) is 164 cm³/mol. The highest BCUT2D eigenvalue weighted by Crippen LogP contribution is 2.42. The summed E-state index contributed by atoms with van der Waals surface area (Å²) >= 11 is 0. The summed E-state index contributed by atoms with van der Waals surface area (Å²) in [5, 5.41) is 3.30. The Morgan fingerprint density at radius 1 is 0.875 bits per heavy atom. The minimum atomic E-state index is -0.459. The fourth-order valence-electron chi connectivity index (χ4n) is 5.48. The van der Waals surface area contributed by atoms with Gasteiger partial charge >= 0.3 is 0 Å². The van der Waals surface area contributed by atoms with E-state index in [9.17, 15) is 9.59 Å². The normalized spacial score (nSPS) is 12.6. The van der Waals surface area contributed by atoms with E-state index in [1.165, 1.54) is 5.56 Å². The molecular weight excluding hydrogens is 504 g/mol. The first-order valence-corrected chi connectivity index (χ1v) is 15.2. The van der Waals surface area contributed by atoms with Crippen molar-refractivity contribution in [2.24, 2.45) is 23.2 Å². The summed E-state index contributed by atoms with van der Waals surface area (Å²) in [4.78, 5) is 27.9. The number of amides is 2. The number of nitrogens with one attached hydrogen (secondary N) is 1. The first-order valence-electron chi connectivity index (χ1n) is 15.2. The molecule has 230 valence electrons. The predicted octanol–water partition coefficient (Wildman–Crippen LogP) is 6.52. The van der Waals surface area contributed by atoms with Gasteiger partial charge in [0.2, 0.25) is 11.8 Å². The van der Waals surface area contributed by atoms with E-state index in [1.807, 2.05) is 6.07 Å². The van der Waals surface area contributed by atoms with Gasteiger partial charge in [-0.2, -0.15) is 0 Å². The highest BCUT2D eigenvalue weighted by molar-refractivity contribution is 5.84. The molecule has 0 aliphatic heterocycles. The van der Waals surface area contributed by atoms with Gasteiger partial charge in [-0.3, -0.25) is 9.59 Å². The zero-order chi connectivity index (χ0) is 30.3. The van der Waals surface area contributed by atoms with Gasteiger partial charge < -0.3 is 24.4 Å². The second-order valence-corrected chi connectivity index (χ2v) is 12.3. The van der Waals surface area contributed by atoms with Crippen molar-refractivity contribution in [1.82, 2.24) is 10.2 Å². The molecule has 1 atom stereocenters. The van der Waals surface area contributed by atoms with Crippen LogP contribution < -0.4 is 14.8 Å². The van der Waals surface area contributed by atoms with E-state index < -0.39 is 5.41 Å². The first kappa shape index (κ1) is 35.7. The molecule has 7 nitrogen and oxygen atoms in total. The maximum absolute atomic E-state index is 13.8. The van der Waals surface area contributed by atoms with Crippen molar-refractivity contribution in [2.45, 2.75) is 99.0 Å². The zero-order valence-corrected chi connectivity index (χ0v) is 27.1. The molecule has 1 N–H and O–H groups in total. The highest BCUT2D eigenvalue weighted by atomic mass is 16.5. The molecule has 0 saturated heterocycles. The van der Waals surface area contributed by atoms with Crippen LogP contribution in [-0.2, 0) is 20.7 Å². The van der Waals surface area contributed by atoms with Crippen molar-refractivity contribution in [1.29, 1.82) is 0 Å². The number of ether oxygens (including phenoxy) is 3. The van der Waals surface area contributed by atoms with Gasteiger partial charge in [0, 0.05) is 46.7 Å². The molecule has 1 aromatic rings. The first-order chi connectivity index (χ1) is 18.9. The van der Waals surface area contributed by atoms with Crippen LogP contribution in [0.2, 0.25) is 0 Å². The van der Waals surface area contributed by atoms with Gasteiger partial charge in [0.25, 0.3) is 0 Å². The maximum atomic E-state index is 13.8. The minimum Gasteiger partial charge on any atom is -0.493 e. The smallest absolute Gasteiger partial charge is 0.226 e. The number of nitrogens with zero attached hydrogens (tertiary/aromatic N) is 1. The van der Waals surface area contributed by atoms with Crippen LogP contribution in [0.4, 0.5) is 0 Å². The molecule has 0 spiro atoms. The Bertz CT molecular complexity index is 874. The van der Waals surface area contributed by atoms with Crippen molar-refractivity contribution < 1.29 is 23.8 Å². The number of aryl methyl sites for hydroxylation is 1. The topological polar surface area (TPSA) is 77.1 Å². The number of carbonyl (C=O) groups excluding carboxylic acids is 2. The summed E-state index contributed by atoms with van der Waals surface area (Å²) in [6.45, 7) is 14.0. The van der Waals surface area contributed by atoms with Gasteiger partial charge in [-0.25, -0.2) is 0 Å². The van der Waals surface area contributed by atoms with Gasteiger partial charge in [-0.05, 0) is 54.7 Å². The number of hydrogen-bond donors (Lipinski definition) is 1. The number of methoxy groups -OCH3 is 2. The highest BCUT2D eigenvalue weighted by Gasteiger charge is 2.44. The lowest BCUT2D eigenvalue weighted by Gasteiger charge is -2.41. The summed E-state index contributed by atoms with van der Waals surface area (Å²) in [5.74, 6) is 2.26. The van der Waals surface area contributed by atoms with E-state index in [1.54, 1.807) is 33.2 Å². The van der Waals surface area contributed by atoms with E-state index in [-0.39, 0.29) is 35.6 Å². The van der Waals surface area contributed by atoms with E-state index in [0.717, 1.165) is 56.4 Å². The summed E-state index contributed by atoms with van der Waals surface area (Å²) in [5.41, 5.74) is 0.784. The Labute approximate surface area is 244 Å². The molecule has 0 bridgehead atoms. The lowest BCUT2D eigenvalue weighted by atomic mass is 9.65. The summed E-state index contributed by atoms with van der Waals surface area (Å²) in [6.07, 6.45) is 7.27. The third-order valence-electron chi connectivity index (χ3n) is 8.28. The number of benzene rings is 1. The van der Waals surface area contributed by atoms with Gasteiger partial charge in [0.15, 0.2) is 11.5 Å². The van der Waals surface area contributed by atoms with Crippen LogP contribution in [0, 0.1) is 23.2 Å². The molecular formula is C33H58N2O5. The molecule has 0 aromatic heterocycles. The standard InChI is InChI=1S/C33H58N2O5/c1-24(2)28(23-31(36)35(7)8)34-32(37)33(25(3)4,26(5)6)19-14-12-11-13-16-27-17-18-29(39-10)30(22-27)40-21-15-20-38-9/h17-18,22,24-26,28H,11-16,19-21,23H2,1-10H3,(H,34,37)/t28-/m1/s1. The average molecular weight is 563 g/mol. The Hall–Kier alpha value is -2.28. The fourth-order valence-corrected chi connectivity index (χ4v) is 5.48.